The molecule has 3 heterocycles. The number of amides is 1. The topological polar surface area (TPSA) is 37.7 Å². The molecule has 1 saturated heterocycles. The van der Waals surface area contributed by atoms with Crippen LogP contribution in [0.15, 0.2) is 18.2 Å². The number of aryl methyl sites for hydroxylation is 1. The molecule has 4 aliphatic rings. The Balaban J connectivity index is 1.22. The zero-order chi connectivity index (χ0) is 23.1. The SMILES string of the molecule is O=C(CSC(=S)N1CCOCC1)N1CCn2c3c(c4cc(C5CCCCC5)ccc42)CCC[C@@H]31. The molecule has 7 heteroatoms. The quantitative estimate of drug-likeness (QED) is 0.541. The number of nitrogens with zero attached hydrogens (tertiary/aromatic N) is 3. The maximum Gasteiger partial charge on any atom is 0.233 e. The van der Waals surface area contributed by atoms with E-state index in [2.05, 4.69) is 32.6 Å². The lowest BCUT2D eigenvalue weighted by Gasteiger charge is -2.40. The van der Waals surface area contributed by atoms with Crippen LogP contribution >= 0.6 is 24.0 Å². The van der Waals surface area contributed by atoms with Gasteiger partial charge < -0.3 is 19.1 Å². The van der Waals surface area contributed by atoms with Gasteiger partial charge in [-0.3, -0.25) is 4.79 Å². The van der Waals surface area contributed by atoms with Crippen molar-refractivity contribution in [2.45, 2.75) is 69.9 Å². The summed E-state index contributed by atoms with van der Waals surface area (Å²) in [5.41, 5.74) is 5.85. The summed E-state index contributed by atoms with van der Waals surface area (Å²) in [7, 11) is 0. The van der Waals surface area contributed by atoms with Crippen molar-refractivity contribution in [1.29, 1.82) is 0 Å². The van der Waals surface area contributed by atoms with Crippen molar-refractivity contribution in [2.75, 3.05) is 38.6 Å². The van der Waals surface area contributed by atoms with Crippen LogP contribution in [0.2, 0.25) is 0 Å². The number of carbonyl (C=O) groups excluding carboxylic acids is 1. The maximum atomic E-state index is 13.4. The predicted molar refractivity (Wildman–Crippen MR) is 143 cm³/mol. The number of morpholine rings is 1. The predicted octanol–water partition coefficient (Wildman–Crippen LogP) is 5.26. The number of carbonyl (C=O) groups is 1. The van der Waals surface area contributed by atoms with Gasteiger partial charge in [0.2, 0.25) is 5.91 Å². The summed E-state index contributed by atoms with van der Waals surface area (Å²) >= 11 is 7.14. The average molecular weight is 498 g/mol. The van der Waals surface area contributed by atoms with Crippen molar-refractivity contribution in [2.24, 2.45) is 0 Å². The monoisotopic (exact) mass is 497 g/mol. The van der Waals surface area contributed by atoms with Gasteiger partial charge in [0, 0.05) is 42.8 Å². The lowest BCUT2D eigenvalue weighted by molar-refractivity contribution is -0.132. The first-order chi connectivity index (χ1) is 16.7. The third-order valence-corrected chi connectivity index (χ3v) is 9.89. The minimum atomic E-state index is 0.216. The summed E-state index contributed by atoms with van der Waals surface area (Å²) in [4.78, 5) is 17.7. The van der Waals surface area contributed by atoms with E-state index in [0.717, 1.165) is 68.9 Å². The summed E-state index contributed by atoms with van der Waals surface area (Å²) in [5.74, 6) is 1.40. The molecule has 34 heavy (non-hydrogen) atoms. The third kappa shape index (κ3) is 4.18. The van der Waals surface area contributed by atoms with E-state index in [1.54, 1.807) is 0 Å². The zero-order valence-electron chi connectivity index (χ0n) is 20.0. The molecule has 0 radical (unpaired) electrons. The fourth-order valence-electron chi connectivity index (χ4n) is 6.65. The summed E-state index contributed by atoms with van der Waals surface area (Å²) in [6, 6.07) is 7.50. The van der Waals surface area contributed by atoms with Crippen LogP contribution < -0.4 is 0 Å². The highest BCUT2D eigenvalue weighted by atomic mass is 32.2. The summed E-state index contributed by atoms with van der Waals surface area (Å²) in [6.07, 6.45) is 10.2. The van der Waals surface area contributed by atoms with E-state index >= 15 is 0 Å². The molecule has 6 rings (SSSR count). The third-order valence-electron chi connectivity index (χ3n) is 8.38. The number of ether oxygens (including phenoxy) is 1. The van der Waals surface area contributed by atoms with Gasteiger partial charge in [-0.15, -0.1) is 0 Å². The smallest absolute Gasteiger partial charge is 0.233 e. The number of thiocarbonyl (C=S) groups is 1. The van der Waals surface area contributed by atoms with Crippen LogP contribution in [0.3, 0.4) is 0 Å². The molecule has 5 nitrogen and oxygen atoms in total. The van der Waals surface area contributed by atoms with Crippen LogP contribution in [-0.4, -0.2) is 63.2 Å². The number of thioether (sulfide) groups is 1. The van der Waals surface area contributed by atoms with Gasteiger partial charge in [0.1, 0.15) is 4.32 Å². The first-order valence-corrected chi connectivity index (χ1v) is 14.5. The molecular formula is C27H35N3O2S2. The number of benzene rings is 1. The molecule has 0 unspecified atom stereocenters. The molecule has 1 amide bonds. The van der Waals surface area contributed by atoms with E-state index in [4.69, 9.17) is 17.0 Å². The standard InChI is InChI=1S/C27H35N3O2S2/c31-25(18-34-27(33)28-13-15-32-16-14-28)29-11-12-30-23-10-9-20(19-5-2-1-3-6-19)17-22(23)21-7-4-8-24(29)26(21)30/h9-10,17,19,24H,1-8,11-16,18H2/t24-/m0/s1. The van der Waals surface area contributed by atoms with E-state index in [0.29, 0.717) is 5.75 Å². The van der Waals surface area contributed by atoms with Crippen LogP contribution in [0, 0.1) is 0 Å². The lowest BCUT2D eigenvalue weighted by atomic mass is 9.83. The lowest BCUT2D eigenvalue weighted by Crippen LogP contribution is -2.44. The summed E-state index contributed by atoms with van der Waals surface area (Å²) < 4.78 is 8.80. The van der Waals surface area contributed by atoms with Crippen LogP contribution in [0.5, 0.6) is 0 Å². The highest BCUT2D eigenvalue weighted by molar-refractivity contribution is 8.23. The molecule has 2 fully saturated rings. The summed E-state index contributed by atoms with van der Waals surface area (Å²) in [6.45, 7) is 4.80. The Morgan fingerprint density at radius 1 is 1.03 bits per heavy atom. The molecule has 1 atom stereocenters. The minimum absolute atomic E-state index is 0.216. The van der Waals surface area contributed by atoms with E-state index < -0.39 is 0 Å². The number of hydrogen-bond acceptors (Lipinski definition) is 4. The molecular weight excluding hydrogens is 462 g/mol. The number of hydrogen-bond donors (Lipinski definition) is 0. The van der Waals surface area contributed by atoms with Gasteiger partial charge >= 0.3 is 0 Å². The van der Waals surface area contributed by atoms with Crippen molar-refractivity contribution in [3.05, 3.63) is 35.0 Å². The molecule has 182 valence electrons. The Kier molecular flexibility index (Phi) is 6.61. The van der Waals surface area contributed by atoms with Crippen molar-refractivity contribution < 1.29 is 9.53 Å². The largest absolute Gasteiger partial charge is 0.378 e. The second-order valence-electron chi connectivity index (χ2n) is 10.3. The Hall–Kier alpha value is -1.57. The second-order valence-corrected chi connectivity index (χ2v) is 11.9. The Labute approximate surface area is 212 Å². The molecule has 0 bridgehead atoms. The number of aromatic nitrogens is 1. The zero-order valence-corrected chi connectivity index (χ0v) is 21.6. The van der Waals surface area contributed by atoms with E-state index in [-0.39, 0.29) is 11.9 Å². The molecule has 1 saturated carbocycles. The fourth-order valence-corrected chi connectivity index (χ4v) is 7.79. The molecule has 2 aromatic rings. The van der Waals surface area contributed by atoms with Gasteiger partial charge in [-0.2, -0.15) is 0 Å². The molecule has 1 aromatic heterocycles. The minimum Gasteiger partial charge on any atom is -0.378 e. The van der Waals surface area contributed by atoms with Crippen molar-refractivity contribution >= 4 is 45.1 Å². The van der Waals surface area contributed by atoms with E-state index in [1.165, 1.54) is 71.6 Å². The van der Waals surface area contributed by atoms with Crippen molar-refractivity contribution in [1.82, 2.24) is 14.4 Å². The van der Waals surface area contributed by atoms with E-state index in [9.17, 15) is 4.79 Å². The van der Waals surface area contributed by atoms with Crippen LogP contribution in [0.4, 0.5) is 0 Å². The highest BCUT2D eigenvalue weighted by Crippen LogP contribution is 2.44. The van der Waals surface area contributed by atoms with Gasteiger partial charge in [0.15, 0.2) is 0 Å². The maximum absolute atomic E-state index is 13.4. The van der Waals surface area contributed by atoms with Gasteiger partial charge in [-0.05, 0) is 61.3 Å². The molecule has 1 aromatic carbocycles. The first kappa shape index (κ1) is 22.9. The summed E-state index contributed by atoms with van der Waals surface area (Å²) in [5, 5.41) is 1.46. The number of fused-ring (bicyclic) bond motifs is 3. The second kappa shape index (κ2) is 9.82. The van der Waals surface area contributed by atoms with Crippen LogP contribution in [-0.2, 0) is 22.5 Å². The highest BCUT2D eigenvalue weighted by Gasteiger charge is 2.37. The van der Waals surface area contributed by atoms with Crippen LogP contribution in [0.25, 0.3) is 10.9 Å². The van der Waals surface area contributed by atoms with Gasteiger partial charge in [-0.1, -0.05) is 49.3 Å². The number of rotatable bonds is 3. The van der Waals surface area contributed by atoms with Crippen molar-refractivity contribution in [3.8, 4) is 0 Å². The van der Waals surface area contributed by atoms with Gasteiger partial charge in [0.05, 0.1) is 25.0 Å². The Bertz CT molecular complexity index is 1090. The fraction of sp³-hybridized carbons (Fsp3) is 0.630. The normalized spacial score (nSPS) is 23.2. The van der Waals surface area contributed by atoms with Crippen LogP contribution in [0.1, 0.15) is 73.7 Å². The van der Waals surface area contributed by atoms with E-state index in [1.807, 2.05) is 0 Å². The first-order valence-electron chi connectivity index (χ1n) is 13.1. The molecule has 2 aliphatic heterocycles. The molecule has 0 spiro atoms. The Morgan fingerprint density at radius 3 is 2.68 bits per heavy atom. The van der Waals surface area contributed by atoms with Gasteiger partial charge in [-0.25, -0.2) is 0 Å². The van der Waals surface area contributed by atoms with Gasteiger partial charge in [0.25, 0.3) is 0 Å². The average Bonchev–Trinajstić information content (AvgIpc) is 3.23. The Morgan fingerprint density at radius 2 is 1.85 bits per heavy atom. The van der Waals surface area contributed by atoms with Crippen molar-refractivity contribution in [3.63, 3.8) is 0 Å². The molecule has 0 N–H and O–H groups in total. The molecule has 2 aliphatic carbocycles.